The maximum Gasteiger partial charge on any atom is 0.417 e. The number of fused-ring (bicyclic) bond motifs is 1. The highest BCUT2D eigenvalue weighted by atomic mass is 16.6. The second-order valence-electron chi connectivity index (χ2n) is 8.03. The summed E-state index contributed by atoms with van der Waals surface area (Å²) in [5.41, 5.74) is -0.646. The van der Waals surface area contributed by atoms with Gasteiger partial charge in [0.15, 0.2) is 0 Å². The van der Waals surface area contributed by atoms with Crippen molar-refractivity contribution in [2.24, 2.45) is 17.3 Å². The second-order valence-corrected chi connectivity index (χ2v) is 8.03. The Kier molecular flexibility index (Phi) is 4.31. The summed E-state index contributed by atoms with van der Waals surface area (Å²) in [5, 5.41) is 15.4. The van der Waals surface area contributed by atoms with Gasteiger partial charge in [-0.1, -0.05) is 39.8 Å². The van der Waals surface area contributed by atoms with Crippen LogP contribution in [0.2, 0.25) is 0 Å². The summed E-state index contributed by atoms with van der Waals surface area (Å²) < 4.78 is 5.14. The van der Waals surface area contributed by atoms with Crippen molar-refractivity contribution in [1.82, 2.24) is 0 Å². The van der Waals surface area contributed by atoms with Gasteiger partial charge in [-0.25, -0.2) is 4.79 Å². The van der Waals surface area contributed by atoms with E-state index in [9.17, 15) is 14.9 Å². The fourth-order valence-electron chi connectivity index (χ4n) is 4.14. The normalized spacial score (nSPS) is 25.7. The smallest absolute Gasteiger partial charge is 0.417 e. The van der Waals surface area contributed by atoms with Crippen molar-refractivity contribution in [1.29, 1.82) is 0 Å². The topological polar surface area (TPSA) is 85.4 Å². The molecule has 6 nitrogen and oxygen atoms in total. The molecule has 0 radical (unpaired) electrons. The molecule has 1 saturated carbocycles. The summed E-state index contributed by atoms with van der Waals surface area (Å²) in [6.07, 6.45) is 2.01. The van der Waals surface area contributed by atoms with Crippen LogP contribution in [0.5, 0.6) is 0 Å². The molecule has 3 rings (SSSR count). The quantitative estimate of drug-likeness (QED) is 0.500. The summed E-state index contributed by atoms with van der Waals surface area (Å²) in [6.45, 7) is 8.81. The highest BCUT2D eigenvalue weighted by Crippen LogP contribution is 2.43. The average Bonchev–Trinajstić information content (AvgIpc) is 2.51. The lowest BCUT2D eigenvalue weighted by Crippen LogP contribution is -2.42. The van der Waals surface area contributed by atoms with E-state index >= 15 is 0 Å². The molecule has 134 valence electrons. The highest BCUT2D eigenvalue weighted by molar-refractivity contribution is 5.94. The molecule has 1 N–H and O–H groups in total. The van der Waals surface area contributed by atoms with Crippen LogP contribution in [0.3, 0.4) is 0 Å². The minimum absolute atomic E-state index is 0.0580. The van der Waals surface area contributed by atoms with Gasteiger partial charge in [-0.2, -0.15) is 0 Å². The van der Waals surface area contributed by atoms with E-state index in [1.54, 1.807) is 24.3 Å². The molecule has 1 aliphatic rings. The van der Waals surface area contributed by atoms with Crippen molar-refractivity contribution in [3.05, 3.63) is 44.8 Å². The molecule has 1 aromatic heterocycles. The number of anilines is 1. The third-order valence-electron chi connectivity index (χ3n) is 5.48. The van der Waals surface area contributed by atoms with Crippen LogP contribution in [0.1, 0.15) is 40.5 Å². The number of rotatable bonds is 3. The van der Waals surface area contributed by atoms with Crippen LogP contribution in [0, 0.1) is 27.4 Å². The lowest BCUT2D eigenvalue weighted by Gasteiger charge is -2.44. The lowest BCUT2D eigenvalue weighted by molar-refractivity contribution is -0.386. The zero-order chi connectivity index (χ0) is 18.4. The average molecular weight is 344 g/mol. The summed E-state index contributed by atoms with van der Waals surface area (Å²) in [5.74, 6) is 0.838. The molecular weight excluding hydrogens is 320 g/mol. The Balaban J connectivity index is 2.13. The number of para-hydroxylation sites is 1. The third kappa shape index (κ3) is 3.25. The van der Waals surface area contributed by atoms with Crippen molar-refractivity contribution in [3.8, 4) is 0 Å². The molecule has 0 aliphatic heterocycles. The zero-order valence-electron chi connectivity index (χ0n) is 15.0. The summed E-state index contributed by atoms with van der Waals surface area (Å²) in [4.78, 5) is 23.0. The molecule has 6 heteroatoms. The van der Waals surface area contributed by atoms with E-state index < -0.39 is 16.2 Å². The molecule has 3 atom stereocenters. The van der Waals surface area contributed by atoms with Gasteiger partial charge in [-0.3, -0.25) is 10.1 Å². The first-order valence-corrected chi connectivity index (χ1v) is 8.66. The molecule has 1 fully saturated rings. The maximum atomic E-state index is 12.2. The van der Waals surface area contributed by atoms with Crippen LogP contribution in [-0.2, 0) is 0 Å². The van der Waals surface area contributed by atoms with Crippen molar-refractivity contribution >= 4 is 22.3 Å². The third-order valence-corrected chi connectivity index (χ3v) is 5.48. The molecular formula is C19H24N2O4. The summed E-state index contributed by atoms with van der Waals surface area (Å²) in [7, 11) is 0. The minimum Gasteiger partial charge on any atom is -0.418 e. The predicted molar refractivity (Wildman–Crippen MR) is 97.9 cm³/mol. The first-order chi connectivity index (χ1) is 11.7. The molecule has 1 heterocycles. The van der Waals surface area contributed by atoms with Crippen molar-refractivity contribution in [3.63, 3.8) is 0 Å². The monoisotopic (exact) mass is 344 g/mol. The van der Waals surface area contributed by atoms with Crippen molar-refractivity contribution in [2.45, 2.75) is 46.6 Å². The Morgan fingerprint density at radius 3 is 2.60 bits per heavy atom. The Hall–Kier alpha value is -2.37. The lowest BCUT2D eigenvalue weighted by atomic mass is 9.66. The molecule has 1 aromatic carbocycles. The number of hydrogen-bond donors (Lipinski definition) is 1. The van der Waals surface area contributed by atoms with Gasteiger partial charge in [-0.15, -0.1) is 0 Å². The van der Waals surface area contributed by atoms with Gasteiger partial charge in [0, 0.05) is 11.4 Å². The molecule has 2 aromatic rings. The second kappa shape index (κ2) is 6.17. The molecule has 0 bridgehead atoms. The number of nitro groups is 1. The van der Waals surface area contributed by atoms with E-state index in [0.717, 1.165) is 12.8 Å². The first kappa shape index (κ1) is 17.5. The molecule has 0 unspecified atom stereocenters. The van der Waals surface area contributed by atoms with E-state index in [1.165, 1.54) is 0 Å². The van der Waals surface area contributed by atoms with Crippen LogP contribution in [-0.4, -0.2) is 11.0 Å². The van der Waals surface area contributed by atoms with Gasteiger partial charge in [0.05, 0.1) is 4.92 Å². The molecule has 0 amide bonds. The van der Waals surface area contributed by atoms with Gasteiger partial charge < -0.3 is 9.73 Å². The van der Waals surface area contributed by atoms with Gasteiger partial charge in [0.25, 0.3) is 0 Å². The number of benzene rings is 1. The molecule has 0 spiro atoms. The Labute approximate surface area is 146 Å². The van der Waals surface area contributed by atoms with E-state index in [4.69, 9.17) is 4.42 Å². The van der Waals surface area contributed by atoms with E-state index in [2.05, 4.69) is 33.0 Å². The Bertz CT molecular complexity index is 871. The van der Waals surface area contributed by atoms with E-state index in [0.29, 0.717) is 22.8 Å². The number of nitrogens with zero attached hydrogens (tertiary/aromatic N) is 1. The van der Waals surface area contributed by atoms with Crippen molar-refractivity contribution < 1.29 is 9.34 Å². The van der Waals surface area contributed by atoms with Gasteiger partial charge in [0.1, 0.15) is 11.3 Å². The largest absolute Gasteiger partial charge is 0.418 e. The van der Waals surface area contributed by atoms with E-state index in [1.807, 2.05) is 0 Å². The van der Waals surface area contributed by atoms with Gasteiger partial charge in [-0.05, 0) is 42.2 Å². The fourth-order valence-corrected chi connectivity index (χ4v) is 4.14. The highest BCUT2D eigenvalue weighted by Gasteiger charge is 2.38. The van der Waals surface area contributed by atoms with Crippen LogP contribution in [0.4, 0.5) is 11.4 Å². The first-order valence-electron chi connectivity index (χ1n) is 8.66. The zero-order valence-corrected chi connectivity index (χ0v) is 15.0. The molecule has 0 saturated heterocycles. The van der Waals surface area contributed by atoms with Crippen LogP contribution in [0.25, 0.3) is 11.0 Å². The SMILES string of the molecule is C[C@@H]1[C@H](C)CC(C)(C)C[C@H]1Nc1c([N+](=O)[O-])c(=O)oc2ccccc12. The Morgan fingerprint density at radius 1 is 1.24 bits per heavy atom. The molecule has 25 heavy (non-hydrogen) atoms. The standard InChI is InChI=1S/C19H24N2O4/c1-11-9-19(3,4)10-14(12(11)2)20-16-13-7-5-6-8-15(13)25-18(22)17(16)21(23)24/h5-8,11-12,14,20H,9-10H2,1-4H3/t11-,12-,14-/m1/s1. The Morgan fingerprint density at radius 2 is 1.92 bits per heavy atom. The van der Waals surface area contributed by atoms with Crippen LogP contribution < -0.4 is 10.9 Å². The number of hydrogen-bond acceptors (Lipinski definition) is 5. The van der Waals surface area contributed by atoms with Crippen LogP contribution in [0.15, 0.2) is 33.5 Å². The fraction of sp³-hybridized carbons (Fsp3) is 0.526. The van der Waals surface area contributed by atoms with Crippen LogP contribution >= 0.6 is 0 Å². The summed E-state index contributed by atoms with van der Waals surface area (Å²) in [6, 6.07) is 6.99. The predicted octanol–water partition coefficient (Wildman–Crippen LogP) is 4.57. The van der Waals surface area contributed by atoms with E-state index in [-0.39, 0.29) is 17.1 Å². The summed E-state index contributed by atoms with van der Waals surface area (Å²) >= 11 is 0. The maximum absolute atomic E-state index is 12.2. The number of nitrogens with one attached hydrogen (secondary N) is 1. The minimum atomic E-state index is -0.915. The van der Waals surface area contributed by atoms with Gasteiger partial charge >= 0.3 is 11.3 Å². The van der Waals surface area contributed by atoms with Crippen molar-refractivity contribution in [2.75, 3.05) is 5.32 Å². The molecule has 1 aliphatic carbocycles. The van der Waals surface area contributed by atoms with Gasteiger partial charge in [0.2, 0.25) is 0 Å².